The molecule has 4 aromatic heterocycles. The lowest BCUT2D eigenvalue weighted by atomic mass is 10.2. The number of rotatable bonds is 33. The molecule has 42 heteroatoms. The standard InChI is InChI=1S/C72H63N21O15S6/c1-112(97,98)91-55-34-31-52(73-37-40-103-70(94)106-49-25-19-46(20-26-49)88-85-43-13-7-4-8-14-43)58-61(55)109-67(76-58)82-64-79-65(83-68-77-59-53(32-35-56(62(59)110-68)92-113(2,99)100)74-38-41-104-71(95)107-50-27-21-47(22-28-50)89-86-44-15-9-5-10-16-44)81-66(80-64)84-69-78-60-54(33-36-57(63(60)111-69)93-114(3,101)102)75-39-42-105-72(96)108-51-29-23-48(24-30-51)90-87-45-17-11-6-12-18-45/h4-36,73-75,91-93H,37-42H2,1-3H3,(H3,76,77,78,79,80,81,82,83,84). The van der Waals surface area contributed by atoms with Crippen LogP contribution in [0.5, 0.6) is 17.2 Å². The number of carbonyl (C=O) groups excluding carboxylic acids is 3. The number of fused-ring (bicyclic) bond motifs is 3. The number of benzene rings is 9. The number of azo groups is 3. The first-order valence-corrected chi connectivity index (χ1v) is 41.9. The minimum absolute atomic E-state index is 0.0321. The number of hydrogen-bond donors (Lipinski definition) is 9. The van der Waals surface area contributed by atoms with Gasteiger partial charge in [-0.05, 0) is 146 Å². The summed E-state index contributed by atoms with van der Waals surface area (Å²) in [6.45, 7) is -0.460. The normalized spacial score (nSPS) is 11.7. The van der Waals surface area contributed by atoms with Crippen molar-refractivity contribution in [1.82, 2.24) is 29.9 Å². The molecule has 0 atom stereocenters. The molecule has 13 rings (SSSR count). The molecule has 4 heterocycles. The average molecular weight is 1650 g/mol. The van der Waals surface area contributed by atoms with E-state index in [9.17, 15) is 39.6 Å². The summed E-state index contributed by atoms with van der Waals surface area (Å²) in [5, 5.41) is 44.4. The summed E-state index contributed by atoms with van der Waals surface area (Å²) in [6, 6.07) is 55.7. The molecule has 0 aliphatic carbocycles. The molecule has 582 valence electrons. The molecule has 114 heavy (non-hydrogen) atoms. The highest BCUT2D eigenvalue weighted by Gasteiger charge is 2.23. The van der Waals surface area contributed by atoms with Crippen molar-refractivity contribution in [2.45, 2.75) is 0 Å². The topological polar surface area (TPSA) is 469 Å². The quantitative estimate of drug-likeness (QED) is 0.00606. The van der Waals surface area contributed by atoms with Gasteiger partial charge in [0.05, 0.1) is 101 Å². The summed E-state index contributed by atoms with van der Waals surface area (Å²) >= 11 is 3.02. The second kappa shape index (κ2) is 36.0. The van der Waals surface area contributed by atoms with E-state index in [0.29, 0.717) is 65.3 Å². The number of carbonyl (C=O) groups is 3. The zero-order valence-corrected chi connectivity index (χ0v) is 64.6. The maximum atomic E-state index is 12.8. The van der Waals surface area contributed by atoms with Crippen LogP contribution in [0.2, 0.25) is 0 Å². The van der Waals surface area contributed by atoms with Gasteiger partial charge in [0.15, 0.2) is 15.4 Å². The minimum Gasteiger partial charge on any atom is -0.432 e. The van der Waals surface area contributed by atoms with Crippen molar-refractivity contribution in [2.75, 3.05) is 104 Å². The Morgan fingerprint density at radius 2 is 0.553 bits per heavy atom. The summed E-state index contributed by atoms with van der Waals surface area (Å²) < 4.78 is 118. The van der Waals surface area contributed by atoms with Crippen LogP contribution in [0.25, 0.3) is 30.6 Å². The first-order valence-electron chi connectivity index (χ1n) is 33.7. The fraction of sp³-hybridized carbons (Fsp3) is 0.125. The second-order valence-electron chi connectivity index (χ2n) is 23.8. The van der Waals surface area contributed by atoms with Crippen molar-refractivity contribution >= 4 is 215 Å². The zero-order valence-electron chi connectivity index (χ0n) is 59.7. The lowest BCUT2D eigenvalue weighted by Gasteiger charge is -2.10. The molecule has 13 aromatic rings. The average Bonchev–Trinajstić information content (AvgIpc) is 1.64. The van der Waals surface area contributed by atoms with Gasteiger partial charge in [-0.3, -0.25) is 30.1 Å². The Morgan fingerprint density at radius 3 is 0.798 bits per heavy atom. The van der Waals surface area contributed by atoms with Crippen molar-refractivity contribution in [3.63, 3.8) is 0 Å². The third kappa shape index (κ3) is 22.7. The summed E-state index contributed by atoms with van der Waals surface area (Å²) in [4.78, 5) is 67.1. The Balaban J connectivity index is 0.746. The van der Waals surface area contributed by atoms with Crippen LogP contribution >= 0.6 is 34.0 Å². The molecule has 0 unspecified atom stereocenters. The predicted octanol–water partition coefficient (Wildman–Crippen LogP) is 17.2. The summed E-state index contributed by atoms with van der Waals surface area (Å²) in [7, 11) is -11.6. The minimum atomic E-state index is -3.86. The predicted molar refractivity (Wildman–Crippen MR) is 437 cm³/mol. The molecule has 0 spiro atoms. The third-order valence-corrected chi connectivity index (χ3v) is 19.7. The highest BCUT2D eigenvalue weighted by molar-refractivity contribution is 7.92. The Labute approximate surface area is 660 Å². The number of anilines is 12. The summed E-state index contributed by atoms with van der Waals surface area (Å²) in [6.07, 6.45) is -0.00357. The number of hydrogen-bond acceptors (Lipinski definition) is 36. The van der Waals surface area contributed by atoms with E-state index in [2.05, 4.69) is 91.7 Å². The van der Waals surface area contributed by atoms with Crippen LogP contribution in [-0.2, 0) is 44.3 Å². The zero-order chi connectivity index (χ0) is 79.6. The van der Waals surface area contributed by atoms with E-state index < -0.39 is 48.5 Å². The smallest absolute Gasteiger partial charge is 0.432 e. The molecule has 0 saturated heterocycles. The fourth-order valence-electron chi connectivity index (χ4n) is 10.2. The van der Waals surface area contributed by atoms with Crippen molar-refractivity contribution in [2.24, 2.45) is 30.7 Å². The van der Waals surface area contributed by atoms with Gasteiger partial charge >= 0.3 is 18.5 Å². The molecule has 0 bridgehead atoms. The fourth-order valence-corrected chi connectivity index (χ4v) is 15.0. The molecule has 0 amide bonds. The van der Waals surface area contributed by atoms with Gasteiger partial charge in [-0.1, -0.05) is 88.6 Å². The van der Waals surface area contributed by atoms with Gasteiger partial charge in [0.1, 0.15) is 53.6 Å². The molecular weight excluding hydrogens is 1590 g/mol. The number of sulfonamides is 3. The Hall–Kier alpha value is -13.7. The van der Waals surface area contributed by atoms with Gasteiger partial charge in [-0.25, -0.2) is 54.6 Å². The summed E-state index contributed by atoms with van der Waals surface area (Å²) in [5.41, 5.74) is 5.99. The Morgan fingerprint density at radius 1 is 0.316 bits per heavy atom. The largest absolute Gasteiger partial charge is 0.513 e. The van der Waals surface area contributed by atoms with Crippen LogP contribution in [0.1, 0.15) is 0 Å². The molecular formula is C72H63N21O15S6. The van der Waals surface area contributed by atoms with Gasteiger partial charge in [0.25, 0.3) is 0 Å². The van der Waals surface area contributed by atoms with E-state index in [0.717, 1.165) is 52.8 Å². The third-order valence-electron chi connectivity index (χ3n) is 14.9. The van der Waals surface area contributed by atoms with Crippen LogP contribution in [0.4, 0.5) is 116 Å². The van der Waals surface area contributed by atoms with E-state index in [4.69, 9.17) is 43.4 Å². The van der Waals surface area contributed by atoms with Crippen molar-refractivity contribution in [3.05, 3.63) is 200 Å². The van der Waals surface area contributed by atoms with E-state index in [-0.39, 0.29) is 124 Å². The van der Waals surface area contributed by atoms with Crippen molar-refractivity contribution < 1.29 is 68.1 Å². The molecule has 9 N–H and O–H groups in total. The van der Waals surface area contributed by atoms with Crippen LogP contribution in [0.3, 0.4) is 0 Å². The van der Waals surface area contributed by atoms with Gasteiger partial charge < -0.3 is 44.4 Å². The molecule has 0 radical (unpaired) electrons. The monoisotopic (exact) mass is 1650 g/mol. The lowest BCUT2D eigenvalue weighted by Crippen LogP contribution is -2.17. The van der Waals surface area contributed by atoms with Gasteiger partial charge in [-0.15, -0.1) is 0 Å². The molecule has 0 saturated carbocycles. The molecule has 9 aromatic carbocycles. The van der Waals surface area contributed by atoms with Gasteiger partial charge in [0, 0.05) is 19.6 Å². The van der Waals surface area contributed by atoms with Crippen molar-refractivity contribution in [1.29, 1.82) is 0 Å². The van der Waals surface area contributed by atoms with Crippen LogP contribution in [0.15, 0.2) is 231 Å². The molecule has 0 aliphatic rings. The van der Waals surface area contributed by atoms with Crippen LogP contribution in [-0.4, -0.2) is 132 Å². The SMILES string of the molecule is CS(=O)(=O)Nc1ccc(NCCOC(=O)Oc2ccc(N=Nc3ccccc3)cc2)c2nc(Nc3nc(Nc4nc5c(NCCOC(=O)Oc6ccc(N=Nc7ccccc7)cc6)ccc(NS(C)(=O)=O)c5s4)nc(Nc4nc5c(NCCOC(=O)Oc6ccc(N=Nc7ccccc7)cc6)ccc(NS(C)(=O)=O)c5s4)n3)sc12. The highest BCUT2D eigenvalue weighted by Crippen LogP contribution is 2.42. The van der Waals surface area contributed by atoms with E-state index in [1.54, 1.807) is 91.0 Å². The van der Waals surface area contributed by atoms with E-state index in [1.165, 1.54) is 54.6 Å². The van der Waals surface area contributed by atoms with Gasteiger partial charge in [0.2, 0.25) is 47.9 Å². The van der Waals surface area contributed by atoms with Crippen LogP contribution in [0, 0.1) is 0 Å². The highest BCUT2D eigenvalue weighted by atomic mass is 32.2. The van der Waals surface area contributed by atoms with Crippen LogP contribution < -0.4 is 60.3 Å². The van der Waals surface area contributed by atoms with Crippen molar-refractivity contribution in [3.8, 4) is 17.2 Å². The Bertz CT molecular complexity index is 5500. The van der Waals surface area contributed by atoms with E-state index in [1.807, 2.05) is 54.6 Å². The maximum Gasteiger partial charge on any atom is 0.513 e. The first kappa shape index (κ1) is 78.4. The number of nitrogens with one attached hydrogen (secondary N) is 9. The second-order valence-corrected chi connectivity index (χ2v) is 32.1. The maximum absolute atomic E-state index is 12.8. The lowest BCUT2D eigenvalue weighted by molar-refractivity contribution is 0.102. The first-order chi connectivity index (χ1) is 55.0. The molecule has 0 aliphatic heterocycles. The molecule has 0 fully saturated rings. The Kier molecular flexibility index (Phi) is 24.8. The van der Waals surface area contributed by atoms with E-state index >= 15 is 0 Å². The number of nitrogens with zero attached hydrogens (tertiary/aromatic N) is 12. The number of aromatic nitrogens is 6. The van der Waals surface area contributed by atoms with Gasteiger partial charge in [-0.2, -0.15) is 45.6 Å². The molecule has 36 nitrogen and oxygen atoms in total. The number of ether oxygens (including phenoxy) is 6. The number of thiazole rings is 3. The summed E-state index contributed by atoms with van der Waals surface area (Å²) in [5.74, 6) is 0.0618.